The molecular weight excluding hydrogens is 485 g/mol. The lowest BCUT2D eigenvalue weighted by Gasteiger charge is -2.41. The smallest absolute Gasteiger partial charge is 0.231 e. The number of halogens is 2. The Bertz CT molecular complexity index is 1450. The minimum atomic E-state index is -0.541. The molecule has 0 fully saturated rings. The second kappa shape index (κ2) is 8.53. The number of anilines is 1. The zero-order chi connectivity index (χ0) is 24.1. The Kier molecular flexibility index (Phi) is 5.32. The van der Waals surface area contributed by atoms with Crippen molar-refractivity contribution in [3.63, 3.8) is 0 Å². The molecule has 2 aromatic carbocycles. The third-order valence-electron chi connectivity index (χ3n) is 6.53. The van der Waals surface area contributed by atoms with Crippen LogP contribution in [-0.4, -0.2) is 17.1 Å². The number of fused-ring (bicyclic) bond motifs is 1. The van der Waals surface area contributed by atoms with E-state index in [4.69, 9.17) is 32.7 Å². The lowest BCUT2D eigenvalue weighted by molar-refractivity contribution is -0.116. The van der Waals surface area contributed by atoms with Crippen LogP contribution in [0.1, 0.15) is 30.7 Å². The van der Waals surface area contributed by atoms with Crippen molar-refractivity contribution in [3.05, 3.63) is 93.4 Å². The highest BCUT2D eigenvalue weighted by Crippen LogP contribution is 2.50. The fraction of sp³-hybridized carbons (Fsp3) is 0.185. The molecule has 0 saturated heterocycles. The van der Waals surface area contributed by atoms with Crippen LogP contribution >= 0.6 is 23.2 Å². The maximum Gasteiger partial charge on any atom is 0.231 e. The average molecular weight is 504 g/mol. The van der Waals surface area contributed by atoms with Crippen molar-refractivity contribution in [2.24, 2.45) is 0 Å². The molecule has 1 atom stereocenters. The number of benzene rings is 2. The van der Waals surface area contributed by atoms with Crippen LogP contribution in [0, 0.1) is 11.3 Å². The summed E-state index contributed by atoms with van der Waals surface area (Å²) in [7, 11) is 0. The lowest BCUT2D eigenvalue weighted by atomic mass is 9.75. The first kappa shape index (κ1) is 21.8. The number of carbonyl (C=O) groups excluding carboxylic acids is 1. The molecule has 0 saturated carbocycles. The SMILES string of the molecule is N#CC1=C(n2cccc2)N(c2cc(Cl)cc(Cl)c2)C2=C(C(=O)CCC2)C1c1ccc2c(c1)OCO2. The Morgan fingerprint density at radius 1 is 0.971 bits per heavy atom. The molecule has 6 nitrogen and oxygen atoms in total. The molecule has 3 aromatic rings. The fourth-order valence-electron chi connectivity index (χ4n) is 5.15. The highest BCUT2D eigenvalue weighted by molar-refractivity contribution is 6.35. The van der Waals surface area contributed by atoms with Crippen LogP contribution in [0.4, 0.5) is 5.69 Å². The number of nitrogens with zero attached hydrogens (tertiary/aromatic N) is 3. The first-order chi connectivity index (χ1) is 17.0. The van der Waals surface area contributed by atoms with Crippen LogP contribution in [0.15, 0.2) is 77.8 Å². The molecule has 0 spiro atoms. The Labute approximate surface area is 212 Å². The summed E-state index contributed by atoms with van der Waals surface area (Å²) < 4.78 is 13.0. The Hall–Kier alpha value is -3.66. The van der Waals surface area contributed by atoms with Gasteiger partial charge in [-0.15, -0.1) is 0 Å². The van der Waals surface area contributed by atoms with Crippen molar-refractivity contribution in [2.75, 3.05) is 11.7 Å². The number of nitriles is 1. The van der Waals surface area contributed by atoms with E-state index in [9.17, 15) is 10.1 Å². The summed E-state index contributed by atoms with van der Waals surface area (Å²) in [6, 6.07) is 17.1. The van der Waals surface area contributed by atoms with Gasteiger partial charge in [-0.3, -0.25) is 9.69 Å². The first-order valence-electron chi connectivity index (χ1n) is 11.2. The van der Waals surface area contributed by atoms with E-state index in [0.29, 0.717) is 57.0 Å². The number of ketones is 1. The van der Waals surface area contributed by atoms with Crippen LogP contribution in [0.5, 0.6) is 11.5 Å². The number of aromatic nitrogens is 1. The normalized spacial score (nSPS) is 19.2. The van der Waals surface area contributed by atoms with Gasteiger partial charge in [0.05, 0.1) is 23.2 Å². The van der Waals surface area contributed by atoms with E-state index >= 15 is 0 Å². The second-order valence-electron chi connectivity index (χ2n) is 8.59. The molecule has 3 heterocycles. The molecule has 0 radical (unpaired) electrons. The van der Waals surface area contributed by atoms with Crippen LogP contribution in [-0.2, 0) is 4.79 Å². The highest BCUT2D eigenvalue weighted by Gasteiger charge is 2.42. The van der Waals surface area contributed by atoms with Crippen molar-refractivity contribution >= 4 is 40.5 Å². The van der Waals surface area contributed by atoms with Crippen molar-refractivity contribution in [3.8, 4) is 17.6 Å². The number of hydrogen-bond acceptors (Lipinski definition) is 5. The molecule has 0 amide bonds. The molecule has 6 rings (SSSR count). The zero-order valence-corrected chi connectivity index (χ0v) is 20.0. The average Bonchev–Trinajstić information content (AvgIpc) is 3.54. The van der Waals surface area contributed by atoms with E-state index in [0.717, 1.165) is 17.7 Å². The third-order valence-corrected chi connectivity index (χ3v) is 6.97. The topological polar surface area (TPSA) is 67.5 Å². The summed E-state index contributed by atoms with van der Waals surface area (Å²) in [5.74, 6) is 1.40. The predicted molar refractivity (Wildman–Crippen MR) is 133 cm³/mol. The van der Waals surface area contributed by atoms with Crippen LogP contribution in [0.2, 0.25) is 10.0 Å². The number of rotatable bonds is 3. The van der Waals surface area contributed by atoms with Gasteiger partial charge in [-0.25, -0.2) is 0 Å². The van der Waals surface area contributed by atoms with Gasteiger partial charge in [-0.05, 0) is 60.9 Å². The molecule has 2 aliphatic heterocycles. The molecule has 3 aliphatic rings. The molecular formula is C27H19Cl2N3O3. The summed E-state index contributed by atoms with van der Waals surface area (Å²) in [5, 5.41) is 11.5. The van der Waals surface area contributed by atoms with Crippen molar-refractivity contribution in [1.29, 1.82) is 5.26 Å². The van der Waals surface area contributed by atoms with Crippen LogP contribution < -0.4 is 14.4 Å². The Morgan fingerprint density at radius 3 is 2.46 bits per heavy atom. The van der Waals surface area contributed by atoms with E-state index in [1.807, 2.05) is 52.2 Å². The van der Waals surface area contributed by atoms with Crippen molar-refractivity contribution in [2.45, 2.75) is 25.2 Å². The molecule has 1 unspecified atom stereocenters. The number of hydrogen-bond donors (Lipinski definition) is 0. The van der Waals surface area contributed by atoms with Gasteiger partial charge < -0.3 is 14.0 Å². The van der Waals surface area contributed by atoms with Gasteiger partial charge in [0.2, 0.25) is 6.79 Å². The number of ether oxygens (including phenoxy) is 2. The number of carbonyl (C=O) groups is 1. The van der Waals surface area contributed by atoms with Gasteiger partial charge in [-0.1, -0.05) is 29.3 Å². The first-order valence-corrected chi connectivity index (χ1v) is 12.0. The molecule has 1 aromatic heterocycles. The van der Waals surface area contributed by atoms with E-state index < -0.39 is 5.92 Å². The molecule has 174 valence electrons. The van der Waals surface area contributed by atoms with Crippen molar-refractivity contribution in [1.82, 2.24) is 4.57 Å². The summed E-state index contributed by atoms with van der Waals surface area (Å²) in [4.78, 5) is 15.4. The standard InChI is InChI=1S/C27H19Cl2N3O3/c28-17-11-18(29)13-19(12-17)32-21-4-3-5-22(33)26(21)25(16-6-7-23-24(10-16)35-15-34-23)20(14-30)27(32)31-8-1-2-9-31/h1-2,6-13,25H,3-5,15H2. The van der Waals surface area contributed by atoms with Gasteiger partial charge in [0.25, 0.3) is 0 Å². The summed E-state index contributed by atoms with van der Waals surface area (Å²) in [6.45, 7) is 0.148. The summed E-state index contributed by atoms with van der Waals surface area (Å²) in [5.41, 5.74) is 3.43. The molecule has 0 N–H and O–H groups in total. The van der Waals surface area contributed by atoms with E-state index in [-0.39, 0.29) is 12.6 Å². The molecule has 8 heteroatoms. The minimum absolute atomic E-state index is 0.0337. The minimum Gasteiger partial charge on any atom is -0.454 e. The fourth-order valence-corrected chi connectivity index (χ4v) is 5.66. The van der Waals surface area contributed by atoms with Gasteiger partial charge in [0, 0.05) is 40.1 Å². The number of Topliss-reactive ketones (excluding diaryl/α,β-unsaturated/α-hetero) is 1. The third kappa shape index (κ3) is 3.59. The predicted octanol–water partition coefficient (Wildman–Crippen LogP) is 6.53. The van der Waals surface area contributed by atoms with E-state index in [1.54, 1.807) is 18.2 Å². The zero-order valence-electron chi connectivity index (χ0n) is 18.5. The van der Waals surface area contributed by atoms with Gasteiger partial charge in [-0.2, -0.15) is 5.26 Å². The second-order valence-corrected chi connectivity index (χ2v) is 9.46. The van der Waals surface area contributed by atoms with Crippen LogP contribution in [0.3, 0.4) is 0 Å². The van der Waals surface area contributed by atoms with Gasteiger partial charge >= 0.3 is 0 Å². The molecule has 35 heavy (non-hydrogen) atoms. The highest BCUT2D eigenvalue weighted by atomic mass is 35.5. The largest absolute Gasteiger partial charge is 0.454 e. The molecule has 1 aliphatic carbocycles. The van der Waals surface area contributed by atoms with E-state index in [2.05, 4.69) is 6.07 Å². The lowest BCUT2D eigenvalue weighted by Crippen LogP contribution is -2.36. The van der Waals surface area contributed by atoms with Crippen LogP contribution in [0.25, 0.3) is 5.82 Å². The Balaban J connectivity index is 1.66. The van der Waals surface area contributed by atoms with E-state index in [1.165, 1.54) is 0 Å². The maximum atomic E-state index is 13.5. The Morgan fingerprint density at radius 2 is 1.71 bits per heavy atom. The number of allylic oxidation sites excluding steroid dienone is 3. The van der Waals surface area contributed by atoms with Gasteiger partial charge in [0.1, 0.15) is 5.82 Å². The summed E-state index contributed by atoms with van der Waals surface area (Å²) in [6.07, 6.45) is 5.60. The molecule has 0 bridgehead atoms. The quantitative estimate of drug-likeness (QED) is 0.406. The maximum absolute atomic E-state index is 13.5. The van der Waals surface area contributed by atoms with Gasteiger partial charge in [0.15, 0.2) is 17.3 Å². The monoisotopic (exact) mass is 503 g/mol. The van der Waals surface area contributed by atoms with Crippen molar-refractivity contribution < 1.29 is 14.3 Å². The summed E-state index contributed by atoms with van der Waals surface area (Å²) >= 11 is 12.8.